The lowest BCUT2D eigenvalue weighted by atomic mass is 9.73. The van der Waals surface area contributed by atoms with E-state index in [4.69, 9.17) is 16.3 Å². The number of carbonyl (C=O) groups is 3. The van der Waals surface area contributed by atoms with Crippen LogP contribution in [-0.4, -0.2) is 77.5 Å². The maximum Gasteiger partial charge on any atom is 0.246 e. The minimum atomic E-state index is -1.15. The van der Waals surface area contributed by atoms with E-state index in [1.807, 2.05) is 12.2 Å². The van der Waals surface area contributed by atoms with Crippen LogP contribution in [0.1, 0.15) is 47.0 Å². The largest absolute Gasteiger partial charge is 0.359 e. The third-order valence-electron chi connectivity index (χ3n) is 9.62. The van der Waals surface area contributed by atoms with Gasteiger partial charge in [0.2, 0.25) is 17.7 Å². The first-order chi connectivity index (χ1) is 18.7. The Balaban J connectivity index is 1.43. The zero-order valence-electron chi connectivity index (χ0n) is 23.4. The summed E-state index contributed by atoms with van der Waals surface area (Å²) in [6.07, 6.45) is 6.34. The summed E-state index contributed by atoms with van der Waals surface area (Å²) >= 11 is 6.01. The van der Waals surface area contributed by atoms with Gasteiger partial charge in [0.15, 0.2) is 0 Å². The number of hydrogen-bond donors (Lipinski definition) is 2. The molecule has 0 unspecified atom stereocenters. The van der Waals surface area contributed by atoms with Crippen LogP contribution in [0.15, 0.2) is 36.4 Å². The lowest BCUT2D eigenvalue weighted by Gasteiger charge is -2.38. The van der Waals surface area contributed by atoms with Crippen molar-refractivity contribution < 1.29 is 19.1 Å². The van der Waals surface area contributed by atoms with E-state index in [0.717, 1.165) is 32.4 Å². The van der Waals surface area contributed by atoms with E-state index in [1.165, 1.54) is 0 Å². The summed E-state index contributed by atoms with van der Waals surface area (Å²) in [5, 5.41) is 6.82. The number of fused-ring (bicyclic) bond motifs is 1. The number of nitrogens with one attached hydrogen (secondary N) is 2. The van der Waals surface area contributed by atoms with Gasteiger partial charge in [0.1, 0.15) is 11.6 Å². The molecule has 39 heavy (non-hydrogen) atoms. The fourth-order valence-electron chi connectivity index (χ4n) is 7.10. The Bertz CT molecular complexity index is 1120. The molecule has 2 bridgehead atoms. The molecule has 3 heterocycles. The van der Waals surface area contributed by atoms with Crippen LogP contribution < -0.4 is 10.6 Å². The molecule has 8 nitrogen and oxygen atoms in total. The first-order valence-corrected chi connectivity index (χ1v) is 14.8. The Hall–Kier alpha value is -2.42. The number of amides is 3. The highest BCUT2D eigenvalue weighted by molar-refractivity contribution is 6.30. The summed E-state index contributed by atoms with van der Waals surface area (Å²) in [6, 6.07) is 6.12. The average Bonchev–Trinajstić information content (AvgIpc) is 3.56. The van der Waals surface area contributed by atoms with E-state index in [2.05, 4.69) is 43.2 Å². The molecule has 212 valence electrons. The smallest absolute Gasteiger partial charge is 0.246 e. The maximum atomic E-state index is 14.1. The van der Waals surface area contributed by atoms with E-state index in [0.29, 0.717) is 35.6 Å². The monoisotopic (exact) mass is 556 g/mol. The topological polar surface area (TPSA) is 91.0 Å². The molecule has 0 aromatic heterocycles. The highest BCUT2D eigenvalue weighted by atomic mass is 35.5. The van der Waals surface area contributed by atoms with E-state index < -0.39 is 29.6 Å². The van der Waals surface area contributed by atoms with Crippen LogP contribution >= 0.6 is 11.6 Å². The fourth-order valence-corrected chi connectivity index (χ4v) is 7.23. The van der Waals surface area contributed by atoms with Gasteiger partial charge in [-0.1, -0.05) is 64.3 Å². The quantitative estimate of drug-likeness (QED) is 0.453. The van der Waals surface area contributed by atoms with Crippen molar-refractivity contribution in [3.05, 3.63) is 41.4 Å². The van der Waals surface area contributed by atoms with Gasteiger partial charge < -0.3 is 25.2 Å². The zero-order chi connectivity index (χ0) is 27.9. The lowest BCUT2D eigenvalue weighted by Crippen LogP contribution is -2.58. The molecule has 1 saturated carbocycles. The van der Waals surface area contributed by atoms with Crippen molar-refractivity contribution >= 4 is 35.0 Å². The van der Waals surface area contributed by atoms with E-state index in [1.54, 1.807) is 29.2 Å². The van der Waals surface area contributed by atoms with Gasteiger partial charge in [0, 0.05) is 29.8 Å². The average molecular weight is 557 g/mol. The third-order valence-corrected chi connectivity index (χ3v) is 9.87. The van der Waals surface area contributed by atoms with Crippen molar-refractivity contribution in [3.63, 3.8) is 0 Å². The van der Waals surface area contributed by atoms with Gasteiger partial charge in [-0.25, -0.2) is 0 Å². The Labute approximate surface area is 236 Å². The summed E-state index contributed by atoms with van der Waals surface area (Å²) < 4.78 is 6.48. The third kappa shape index (κ3) is 5.00. The van der Waals surface area contributed by atoms with Crippen molar-refractivity contribution in [3.8, 4) is 0 Å². The second kappa shape index (κ2) is 11.2. The van der Waals surface area contributed by atoms with Crippen LogP contribution in [0.25, 0.3) is 0 Å². The lowest BCUT2D eigenvalue weighted by molar-refractivity contribution is -0.141. The molecule has 2 saturated heterocycles. The number of halogens is 1. The van der Waals surface area contributed by atoms with Crippen molar-refractivity contribution in [2.45, 2.75) is 70.7 Å². The second-order valence-electron chi connectivity index (χ2n) is 11.6. The van der Waals surface area contributed by atoms with Crippen LogP contribution in [-0.2, 0) is 19.1 Å². The summed E-state index contributed by atoms with van der Waals surface area (Å²) in [4.78, 5) is 45.7. The minimum absolute atomic E-state index is 0.0583. The number of rotatable bonds is 9. The zero-order valence-corrected chi connectivity index (χ0v) is 24.1. The highest BCUT2D eigenvalue weighted by Gasteiger charge is 2.72. The molecule has 3 amide bonds. The number of likely N-dealkylation sites (N-methyl/N-ethyl adjacent to an activating group) is 1. The summed E-state index contributed by atoms with van der Waals surface area (Å²) in [6.45, 7) is 11.4. The predicted octanol–water partition coefficient (Wildman–Crippen LogP) is 3.71. The first kappa shape index (κ1) is 28.1. The number of benzene rings is 1. The molecular formula is C30H41ClN4O4. The van der Waals surface area contributed by atoms with Gasteiger partial charge in [0.25, 0.3) is 0 Å². The number of hydrogen-bond acceptors (Lipinski definition) is 5. The van der Waals surface area contributed by atoms with E-state index in [-0.39, 0.29) is 23.8 Å². The van der Waals surface area contributed by atoms with Crippen molar-refractivity contribution in [1.29, 1.82) is 0 Å². The van der Waals surface area contributed by atoms with Gasteiger partial charge in [-0.2, -0.15) is 0 Å². The second-order valence-corrected chi connectivity index (χ2v) is 12.1. The first-order valence-electron chi connectivity index (χ1n) is 14.5. The van der Waals surface area contributed by atoms with Crippen LogP contribution in [0.3, 0.4) is 0 Å². The fraction of sp³-hybridized carbons (Fsp3) is 0.633. The molecule has 5 rings (SSSR count). The molecule has 3 aliphatic heterocycles. The van der Waals surface area contributed by atoms with Gasteiger partial charge in [-0.3, -0.25) is 14.4 Å². The summed E-state index contributed by atoms with van der Waals surface area (Å²) in [5.74, 6) is -1.25. The number of likely N-dealkylation sites (tertiary alicyclic amines) is 1. The molecule has 9 heteroatoms. The molecular weight excluding hydrogens is 516 g/mol. The molecule has 1 aromatic carbocycles. The predicted molar refractivity (Wildman–Crippen MR) is 151 cm³/mol. The standard InChI is InChI=1S/C30H41ClN4O4/c1-5-34(6-2)16-17-35-26(28(37)33-22-9-7-8-18(3)19(22)4)30-15-14-23(39-30)24(25(30)29(35)38)27(36)32-21-12-10-20(31)11-13-21/h10-15,18-19,22-26H,5-9,16-17H2,1-4H3,(H,32,36)(H,33,37)/t18-,19-,22+,23-,24+,25-,26-,30-/m0/s1. The molecule has 1 spiro atoms. The van der Waals surface area contributed by atoms with Crippen molar-refractivity contribution in [1.82, 2.24) is 15.1 Å². The van der Waals surface area contributed by atoms with Gasteiger partial charge in [-0.05, 0) is 55.6 Å². The number of anilines is 1. The molecule has 2 N–H and O–H groups in total. The van der Waals surface area contributed by atoms with E-state index >= 15 is 0 Å². The number of ether oxygens (including phenoxy) is 1. The summed E-state index contributed by atoms with van der Waals surface area (Å²) in [7, 11) is 0. The number of nitrogens with zero attached hydrogens (tertiary/aromatic N) is 2. The molecule has 3 fully saturated rings. The van der Waals surface area contributed by atoms with Crippen molar-refractivity contribution in [2.24, 2.45) is 23.7 Å². The van der Waals surface area contributed by atoms with Gasteiger partial charge in [0.05, 0.1) is 17.9 Å². The molecule has 0 radical (unpaired) electrons. The molecule has 1 aromatic rings. The van der Waals surface area contributed by atoms with E-state index in [9.17, 15) is 14.4 Å². The SMILES string of the molecule is CCN(CC)CCN1C(=O)[C@@H]2[C@H](C(=O)Nc3ccc(Cl)cc3)[C@@H]3C=C[C@@]2(O3)[C@@H]1C(=O)N[C@@H]1CCC[C@H](C)[C@@H]1C. The Morgan fingerprint density at radius 1 is 1.13 bits per heavy atom. The van der Waals surface area contributed by atoms with Crippen LogP contribution in [0.5, 0.6) is 0 Å². The van der Waals surface area contributed by atoms with Crippen molar-refractivity contribution in [2.75, 3.05) is 31.5 Å². The van der Waals surface area contributed by atoms with Crippen LogP contribution in [0, 0.1) is 23.7 Å². The highest BCUT2D eigenvalue weighted by Crippen LogP contribution is 2.55. The minimum Gasteiger partial charge on any atom is -0.359 e. The summed E-state index contributed by atoms with van der Waals surface area (Å²) in [5.41, 5.74) is -0.551. The van der Waals surface area contributed by atoms with Crippen LogP contribution in [0.4, 0.5) is 5.69 Å². The van der Waals surface area contributed by atoms with Gasteiger partial charge in [-0.15, -0.1) is 0 Å². The maximum absolute atomic E-state index is 14.1. The Kier molecular flexibility index (Phi) is 8.09. The normalized spacial score (nSPS) is 35.0. The molecule has 8 atom stereocenters. The number of carbonyl (C=O) groups excluding carboxylic acids is 3. The van der Waals surface area contributed by atoms with Gasteiger partial charge >= 0.3 is 0 Å². The molecule has 4 aliphatic rings. The van der Waals surface area contributed by atoms with Crippen LogP contribution in [0.2, 0.25) is 5.02 Å². The Morgan fingerprint density at radius 3 is 2.54 bits per heavy atom. The Morgan fingerprint density at radius 2 is 1.85 bits per heavy atom. The molecule has 1 aliphatic carbocycles.